The van der Waals surface area contributed by atoms with E-state index in [0.29, 0.717) is 16.1 Å². The van der Waals surface area contributed by atoms with Gasteiger partial charge in [0.15, 0.2) is 5.82 Å². The molecule has 0 fully saturated rings. The van der Waals surface area contributed by atoms with Crippen molar-refractivity contribution in [3.8, 4) is 0 Å². The fourth-order valence-electron chi connectivity index (χ4n) is 2.20. The van der Waals surface area contributed by atoms with E-state index in [9.17, 15) is 17.2 Å². The van der Waals surface area contributed by atoms with Crippen LogP contribution >= 0.6 is 23.2 Å². The molecule has 0 aliphatic carbocycles. The Bertz CT molecular complexity index is 1070. The van der Waals surface area contributed by atoms with Crippen LogP contribution in [0.15, 0.2) is 53.6 Å². The van der Waals surface area contributed by atoms with Crippen molar-refractivity contribution in [2.45, 2.75) is 11.4 Å². The van der Waals surface area contributed by atoms with E-state index in [0.717, 1.165) is 17.7 Å². The van der Waals surface area contributed by atoms with Crippen molar-refractivity contribution in [1.82, 2.24) is 9.78 Å². The third-order valence-electron chi connectivity index (χ3n) is 3.41. The molecule has 0 radical (unpaired) electrons. The molecular weight excluding hydrogens is 407 g/mol. The zero-order valence-electron chi connectivity index (χ0n) is 13.0. The lowest BCUT2D eigenvalue weighted by Gasteiger charge is -2.07. The summed E-state index contributed by atoms with van der Waals surface area (Å²) in [6, 6.07) is 8.53. The molecule has 136 valence electrons. The smallest absolute Gasteiger partial charge is 0.266 e. The van der Waals surface area contributed by atoms with E-state index >= 15 is 0 Å². The second-order valence-corrected chi connectivity index (χ2v) is 7.81. The fourth-order valence-corrected chi connectivity index (χ4v) is 3.76. The molecule has 1 aromatic heterocycles. The van der Waals surface area contributed by atoms with Crippen LogP contribution in [0.2, 0.25) is 10.0 Å². The highest BCUT2D eigenvalue weighted by molar-refractivity contribution is 7.92. The predicted octanol–water partition coefficient (Wildman–Crippen LogP) is 4.32. The molecule has 10 heteroatoms. The molecule has 1 heterocycles. The molecule has 3 rings (SSSR count). The van der Waals surface area contributed by atoms with Gasteiger partial charge < -0.3 is 0 Å². The van der Waals surface area contributed by atoms with Crippen molar-refractivity contribution in [1.29, 1.82) is 0 Å². The molecule has 0 amide bonds. The summed E-state index contributed by atoms with van der Waals surface area (Å²) in [6.07, 6.45) is 1.52. The first-order valence-corrected chi connectivity index (χ1v) is 9.44. The SMILES string of the molecule is O=S(=O)(Nc1ccn(Cc2ccc(Cl)cc2Cl)n1)c1cc(F)ccc1F. The van der Waals surface area contributed by atoms with Gasteiger partial charge in [0.05, 0.1) is 6.54 Å². The van der Waals surface area contributed by atoms with Gasteiger partial charge in [-0.25, -0.2) is 17.2 Å². The lowest BCUT2D eigenvalue weighted by molar-refractivity contribution is 0.555. The maximum Gasteiger partial charge on any atom is 0.266 e. The monoisotopic (exact) mass is 417 g/mol. The molecule has 2 aromatic carbocycles. The van der Waals surface area contributed by atoms with Crippen molar-refractivity contribution in [3.63, 3.8) is 0 Å². The summed E-state index contributed by atoms with van der Waals surface area (Å²) in [5.74, 6) is -1.97. The van der Waals surface area contributed by atoms with Gasteiger partial charge in [-0.1, -0.05) is 29.3 Å². The average molecular weight is 418 g/mol. The van der Waals surface area contributed by atoms with E-state index in [4.69, 9.17) is 23.2 Å². The van der Waals surface area contributed by atoms with E-state index in [-0.39, 0.29) is 12.4 Å². The number of hydrogen-bond donors (Lipinski definition) is 1. The van der Waals surface area contributed by atoms with Crippen LogP contribution in [0.25, 0.3) is 0 Å². The zero-order chi connectivity index (χ0) is 18.9. The fraction of sp³-hybridized carbons (Fsp3) is 0.0625. The molecule has 3 aromatic rings. The number of benzene rings is 2. The Hall–Kier alpha value is -2.16. The van der Waals surface area contributed by atoms with Crippen LogP contribution < -0.4 is 4.72 Å². The molecule has 0 spiro atoms. The molecule has 0 aliphatic rings. The Morgan fingerprint density at radius 3 is 2.58 bits per heavy atom. The summed E-state index contributed by atoms with van der Waals surface area (Å²) in [4.78, 5) is -0.798. The summed E-state index contributed by atoms with van der Waals surface area (Å²) in [7, 11) is -4.32. The number of nitrogens with one attached hydrogen (secondary N) is 1. The Balaban J connectivity index is 1.80. The number of hydrogen-bond acceptors (Lipinski definition) is 3. The normalized spacial score (nSPS) is 11.5. The van der Waals surface area contributed by atoms with E-state index in [1.54, 1.807) is 18.2 Å². The lowest BCUT2D eigenvalue weighted by atomic mass is 10.2. The second-order valence-electron chi connectivity index (χ2n) is 5.31. The van der Waals surface area contributed by atoms with Crippen LogP contribution in [0, 0.1) is 11.6 Å². The van der Waals surface area contributed by atoms with E-state index < -0.39 is 26.6 Å². The van der Waals surface area contributed by atoms with Gasteiger partial charge in [0.25, 0.3) is 10.0 Å². The van der Waals surface area contributed by atoms with Crippen LogP contribution in [0.4, 0.5) is 14.6 Å². The Morgan fingerprint density at radius 2 is 1.85 bits per heavy atom. The van der Waals surface area contributed by atoms with E-state index in [2.05, 4.69) is 9.82 Å². The topological polar surface area (TPSA) is 64.0 Å². The summed E-state index contributed by atoms with van der Waals surface area (Å²) < 4.78 is 54.9. The third kappa shape index (κ3) is 4.14. The van der Waals surface area contributed by atoms with Crippen molar-refractivity contribution in [2.75, 3.05) is 4.72 Å². The highest BCUT2D eigenvalue weighted by Crippen LogP contribution is 2.23. The van der Waals surface area contributed by atoms with Crippen LogP contribution in [0.5, 0.6) is 0 Å². The maximum absolute atomic E-state index is 13.7. The lowest BCUT2D eigenvalue weighted by Crippen LogP contribution is -2.15. The largest absolute Gasteiger partial charge is 0.266 e. The number of anilines is 1. The predicted molar refractivity (Wildman–Crippen MR) is 95.0 cm³/mol. The van der Waals surface area contributed by atoms with Crippen molar-refractivity contribution in [3.05, 3.63) is 75.9 Å². The first-order valence-electron chi connectivity index (χ1n) is 7.20. The minimum atomic E-state index is -4.32. The second kappa shape index (κ2) is 7.22. The van der Waals surface area contributed by atoms with Gasteiger partial charge in [-0.15, -0.1) is 0 Å². The highest BCUT2D eigenvalue weighted by Gasteiger charge is 2.21. The molecule has 5 nitrogen and oxygen atoms in total. The van der Waals surface area contributed by atoms with E-state index in [1.807, 2.05) is 0 Å². The minimum absolute atomic E-state index is 0.0428. The molecule has 1 N–H and O–H groups in total. The van der Waals surface area contributed by atoms with Gasteiger partial charge >= 0.3 is 0 Å². The quantitative estimate of drug-likeness (QED) is 0.672. The van der Waals surface area contributed by atoms with Crippen molar-refractivity contribution < 1.29 is 17.2 Å². The van der Waals surface area contributed by atoms with Crippen LogP contribution in [0.1, 0.15) is 5.56 Å². The number of nitrogens with zero attached hydrogens (tertiary/aromatic N) is 2. The summed E-state index contributed by atoms with van der Waals surface area (Å²) >= 11 is 11.9. The van der Waals surface area contributed by atoms with Gasteiger partial charge in [-0.3, -0.25) is 9.40 Å². The third-order valence-corrected chi connectivity index (χ3v) is 5.37. The molecule has 0 atom stereocenters. The molecule has 0 bridgehead atoms. The molecule has 26 heavy (non-hydrogen) atoms. The molecule has 0 saturated heterocycles. The Morgan fingerprint density at radius 1 is 1.08 bits per heavy atom. The first kappa shape index (κ1) is 18.6. The molecule has 0 unspecified atom stereocenters. The van der Waals surface area contributed by atoms with Gasteiger partial charge in [-0.2, -0.15) is 5.10 Å². The first-order chi connectivity index (χ1) is 12.2. The minimum Gasteiger partial charge on any atom is -0.266 e. The van der Waals surface area contributed by atoms with Crippen LogP contribution in [-0.2, 0) is 16.6 Å². The van der Waals surface area contributed by atoms with Gasteiger partial charge in [0.2, 0.25) is 0 Å². The van der Waals surface area contributed by atoms with Crippen LogP contribution in [-0.4, -0.2) is 18.2 Å². The summed E-state index contributed by atoms with van der Waals surface area (Å²) in [6.45, 7) is 0.270. The van der Waals surface area contributed by atoms with Gasteiger partial charge in [-0.05, 0) is 35.9 Å². The number of rotatable bonds is 5. The van der Waals surface area contributed by atoms with Gasteiger partial charge in [0.1, 0.15) is 16.5 Å². The number of halogens is 4. The Labute approximate surface area is 158 Å². The summed E-state index contributed by atoms with van der Waals surface area (Å²) in [5.41, 5.74) is 0.727. The number of aromatic nitrogens is 2. The highest BCUT2D eigenvalue weighted by atomic mass is 35.5. The maximum atomic E-state index is 13.7. The average Bonchev–Trinajstić information content (AvgIpc) is 2.98. The van der Waals surface area contributed by atoms with Crippen LogP contribution in [0.3, 0.4) is 0 Å². The molecule has 0 saturated carbocycles. The molecule has 0 aliphatic heterocycles. The summed E-state index contributed by atoms with van der Waals surface area (Å²) in [5, 5.41) is 4.98. The van der Waals surface area contributed by atoms with Crippen molar-refractivity contribution >= 4 is 39.0 Å². The number of sulfonamides is 1. The zero-order valence-corrected chi connectivity index (χ0v) is 15.3. The Kier molecular flexibility index (Phi) is 5.17. The van der Waals surface area contributed by atoms with Crippen molar-refractivity contribution in [2.24, 2.45) is 0 Å². The standard InChI is InChI=1S/C16H11Cl2F2N3O2S/c17-11-2-1-10(13(18)7-11)9-23-6-5-16(21-23)22-26(24,25)15-8-12(19)3-4-14(15)20/h1-8H,9H2,(H,21,22). The van der Waals surface area contributed by atoms with Gasteiger partial charge in [0, 0.05) is 22.3 Å². The molecular formula is C16H11Cl2F2N3O2S. The van der Waals surface area contributed by atoms with E-state index in [1.165, 1.54) is 16.9 Å².